The lowest BCUT2D eigenvalue weighted by Crippen LogP contribution is -2.33. The molecule has 6 nitrogen and oxygen atoms in total. The Bertz CT molecular complexity index is 653. The van der Waals surface area contributed by atoms with Crippen molar-refractivity contribution in [2.24, 2.45) is 5.92 Å². The van der Waals surface area contributed by atoms with Crippen molar-refractivity contribution in [3.05, 3.63) is 40.7 Å². The number of nitrogens with zero attached hydrogens (tertiary/aromatic N) is 2. The molecule has 3 rings (SSSR count). The number of nitro groups is 1. The van der Waals surface area contributed by atoms with Crippen LogP contribution in [0.15, 0.2) is 30.6 Å². The average molecular weight is 273 g/mol. The number of pyridine rings is 1. The van der Waals surface area contributed by atoms with Crippen LogP contribution in [0.3, 0.4) is 0 Å². The van der Waals surface area contributed by atoms with Crippen molar-refractivity contribution in [2.45, 2.75) is 18.9 Å². The van der Waals surface area contributed by atoms with E-state index in [1.54, 1.807) is 18.3 Å². The van der Waals surface area contributed by atoms with Crippen LogP contribution in [0, 0.1) is 16.0 Å². The van der Waals surface area contributed by atoms with E-state index in [-0.39, 0.29) is 11.8 Å². The van der Waals surface area contributed by atoms with E-state index < -0.39 is 4.92 Å². The molecule has 1 aromatic heterocycles. The van der Waals surface area contributed by atoms with Gasteiger partial charge in [0.05, 0.1) is 16.4 Å². The summed E-state index contributed by atoms with van der Waals surface area (Å²) in [4.78, 5) is 14.6. The van der Waals surface area contributed by atoms with Crippen LogP contribution in [-0.2, 0) is 0 Å². The highest BCUT2D eigenvalue weighted by molar-refractivity contribution is 5.99. The molecule has 1 heterocycles. The number of rotatable bonds is 4. The first-order valence-electron chi connectivity index (χ1n) is 6.58. The first-order chi connectivity index (χ1) is 9.65. The van der Waals surface area contributed by atoms with Crippen molar-refractivity contribution in [3.8, 4) is 0 Å². The SMILES string of the molecule is O=[N+]([O-])c1ccc(NCC2CC(O)C2)c2ccncc12. The highest BCUT2D eigenvalue weighted by atomic mass is 16.6. The summed E-state index contributed by atoms with van der Waals surface area (Å²) in [6.07, 6.45) is 4.62. The molecule has 1 saturated carbocycles. The third kappa shape index (κ3) is 2.30. The van der Waals surface area contributed by atoms with Crippen LogP contribution >= 0.6 is 0 Å². The molecule has 0 unspecified atom stereocenters. The molecule has 0 atom stereocenters. The summed E-state index contributed by atoms with van der Waals surface area (Å²) < 4.78 is 0. The first-order valence-corrected chi connectivity index (χ1v) is 6.58. The van der Waals surface area contributed by atoms with E-state index in [0.29, 0.717) is 11.3 Å². The lowest BCUT2D eigenvalue weighted by Gasteiger charge is -2.31. The number of fused-ring (bicyclic) bond motifs is 1. The third-order valence-electron chi connectivity index (χ3n) is 3.78. The van der Waals surface area contributed by atoms with Crippen molar-refractivity contribution >= 4 is 22.1 Å². The fourth-order valence-corrected chi connectivity index (χ4v) is 2.61. The highest BCUT2D eigenvalue weighted by Gasteiger charge is 2.26. The summed E-state index contributed by atoms with van der Waals surface area (Å²) in [6.45, 7) is 0.770. The van der Waals surface area contributed by atoms with E-state index >= 15 is 0 Å². The van der Waals surface area contributed by atoms with Gasteiger partial charge in [0.2, 0.25) is 0 Å². The highest BCUT2D eigenvalue weighted by Crippen LogP contribution is 2.32. The van der Waals surface area contributed by atoms with Gasteiger partial charge in [-0.1, -0.05) is 0 Å². The van der Waals surface area contributed by atoms with Gasteiger partial charge in [0, 0.05) is 36.1 Å². The van der Waals surface area contributed by atoms with Crippen LogP contribution in [0.4, 0.5) is 11.4 Å². The van der Waals surface area contributed by atoms with Crippen LogP contribution in [0.5, 0.6) is 0 Å². The molecular weight excluding hydrogens is 258 g/mol. The number of hydrogen-bond donors (Lipinski definition) is 2. The molecule has 0 aliphatic heterocycles. The molecule has 2 aromatic rings. The standard InChI is InChI=1S/C14H15N3O3/c18-10-5-9(6-10)7-16-13-1-2-14(17(19)20)12-8-15-4-3-11(12)13/h1-4,8-10,16,18H,5-7H2. The lowest BCUT2D eigenvalue weighted by molar-refractivity contribution is -0.383. The molecule has 0 spiro atoms. The van der Waals surface area contributed by atoms with Gasteiger partial charge in [0.25, 0.3) is 5.69 Å². The van der Waals surface area contributed by atoms with Crippen LogP contribution in [0.25, 0.3) is 10.8 Å². The van der Waals surface area contributed by atoms with Crippen molar-refractivity contribution in [2.75, 3.05) is 11.9 Å². The smallest absolute Gasteiger partial charge is 0.278 e. The van der Waals surface area contributed by atoms with Gasteiger partial charge in [-0.15, -0.1) is 0 Å². The number of benzene rings is 1. The molecule has 6 heteroatoms. The number of aromatic nitrogens is 1. The van der Waals surface area contributed by atoms with Crippen molar-refractivity contribution in [1.29, 1.82) is 0 Å². The van der Waals surface area contributed by atoms with E-state index in [4.69, 9.17) is 0 Å². The fourth-order valence-electron chi connectivity index (χ4n) is 2.61. The second-order valence-corrected chi connectivity index (χ2v) is 5.18. The Morgan fingerprint density at radius 3 is 2.85 bits per heavy atom. The number of hydrogen-bond acceptors (Lipinski definition) is 5. The Morgan fingerprint density at radius 1 is 1.35 bits per heavy atom. The molecule has 0 saturated heterocycles. The molecule has 1 aliphatic rings. The molecule has 0 radical (unpaired) electrons. The summed E-state index contributed by atoms with van der Waals surface area (Å²) in [5, 5.41) is 24.9. The first kappa shape index (κ1) is 12.8. The van der Waals surface area contributed by atoms with Crippen molar-refractivity contribution in [1.82, 2.24) is 4.98 Å². The molecule has 1 aliphatic carbocycles. The zero-order chi connectivity index (χ0) is 14.1. The topological polar surface area (TPSA) is 88.3 Å². The minimum atomic E-state index is -0.393. The monoisotopic (exact) mass is 273 g/mol. The van der Waals surface area contributed by atoms with Gasteiger partial charge in [-0.25, -0.2) is 0 Å². The molecule has 2 N–H and O–H groups in total. The molecule has 0 bridgehead atoms. The van der Waals surface area contributed by atoms with Crippen LogP contribution < -0.4 is 5.32 Å². The predicted octanol–water partition coefficient (Wildman–Crippen LogP) is 2.33. The minimum absolute atomic E-state index is 0.0673. The summed E-state index contributed by atoms with van der Waals surface area (Å²) in [6, 6.07) is 5.01. The number of aliphatic hydroxyl groups is 1. The Morgan fingerprint density at radius 2 is 2.15 bits per heavy atom. The van der Waals surface area contributed by atoms with E-state index in [0.717, 1.165) is 30.5 Å². The van der Waals surface area contributed by atoms with Crippen LogP contribution in [0.2, 0.25) is 0 Å². The summed E-state index contributed by atoms with van der Waals surface area (Å²) in [7, 11) is 0. The van der Waals surface area contributed by atoms with Crippen molar-refractivity contribution in [3.63, 3.8) is 0 Å². The maximum atomic E-state index is 11.0. The van der Waals surface area contributed by atoms with E-state index in [1.165, 1.54) is 12.3 Å². The minimum Gasteiger partial charge on any atom is -0.393 e. The molecule has 1 fully saturated rings. The summed E-state index contributed by atoms with van der Waals surface area (Å²) in [5.74, 6) is 0.470. The normalized spacial score (nSPS) is 21.4. The maximum absolute atomic E-state index is 11.0. The third-order valence-corrected chi connectivity index (χ3v) is 3.78. The molecule has 20 heavy (non-hydrogen) atoms. The Labute approximate surface area is 115 Å². The van der Waals surface area contributed by atoms with Gasteiger partial charge >= 0.3 is 0 Å². The van der Waals surface area contributed by atoms with E-state index in [1.807, 2.05) is 0 Å². The zero-order valence-electron chi connectivity index (χ0n) is 10.8. The van der Waals surface area contributed by atoms with Gasteiger partial charge in [0.15, 0.2) is 0 Å². The van der Waals surface area contributed by atoms with Gasteiger partial charge in [-0.2, -0.15) is 0 Å². The number of aliphatic hydroxyl groups excluding tert-OH is 1. The number of nitro benzene ring substituents is 1. The van der Waals surface area contributed by atoms with Crippen molar-refractivity contribution < 1.29 is 10.0 Å². The summed E-state index contributed by atoms with van der Waals surface area (Å²) >= 11 is 0. The zero-order valence-corrected chi connectivity index (χ0v) is 10.8. The molecule has 104 valence electrons. The van der Waals surface area contributed by atoms with Gasteiger partial charge in [0.1, 0.15) is 0 Å². The van der Waals surface area contributed by atoms with Gasteiger partial charge < -0.3 is 10.4 Å². The Balaban J connectivity index is 1.88. The maximum Gasteiger partial charge on any atom is 0.278 e. The van der Waals surface area contributed by atoms with E-state index in [9.17, 15) is 15.2 Å². The second-order valence-electron chi connectivity index (χ2n) is 5.18. The second kappa shape index (κ2) is 5.05. The Kier molecular flexibility index (Phi) is 3.23. The molecular formula is C14H15N3O3. The Hall–Kier alpha value is -2.21. The predicted molar refractivity (Wildman–Crippen MR) is 75.6 cm³/mol. The number of non-ortho nitro benzene ring substituents is 1. The largest absolute Gasteiger partial charge is 0.393 e. The van der Waals surface area contributed by atoms with Gasteiger partial charge in [-0.3, -0.25) is 15.1 Å². The number of anilines is 1. The average Bonchev–Trinajstić information content (AvgIpc) is 2.41. The molecule has 1 aromatic carbocycles. The fraction of sp³-hybridized carbons (Fsp3) is 0.357. The van der Waals surface area contributed by atoms with E-state index in [2.05, 4.69) is 10.3 Å². The van der Waals surface area contributed by atoms with Gasteiger partial charge in [-0.05, 0) is 30.9 Å². The summed E-state index contributed by atoms with van der Waals surface area (Å²) in [5.41, 5.74) is 0.937. The number of nitrogens with one attached hydrogen (secondary N) is 1. The lowest BCUT2D eigenvalue weighted by atomic mass is 9.82. The van der Waals surface area contributed by atoms with Crippen LogP contribution in [0.1, 0.15) is 12.8 Å². The molecule has 0 amide bonds. The van der Waals surface area contributed by atoms with Crippen LogP contribution in [-0.4, -0.2) is 27.7 Å². The quantitative estimate of drug-likeness (QED) is 0.659.